The zero-order chi connectivity index (χ0) is 11.4. The van der Waals surface area contributed by atoms with Crippen LogP contribution in [0.2, 0.25) is 0 Å². The number of nitrogens with one attached hydrogen (secondary N) is 1. The molecule has 6 heteroatoms. The lowest BCUT2D eigenvalue weighted by molar-refractivity contribution is 0.708. The van der Waals surface area contributed by atoms with Crippen LogP contribution >= 0.6 is 11.8 Å². The Kier molecular flexibility index (Phi) is 3.53. The monoisotopic (exact) mass is 235 g/mol. The molecule has 1 heterocycles. The van der Waals surface area contributed by atoms with E-state index in [0.29, 0.717) is 6.54 Å². The largest absolute Gasteiger partial charge is 0.313 e. The molecule has 0 amide bonds. The summed E-state index contributed by atoms with van der Waals surface area (Å²) in [4.78, 5) is 1.20. The summed E-state index contributed by atoms with van der Waals surface area (Å²) < 4.78 is 1.75. The van der Waals surface area contributed by atoms with Gasteiger partial charge in [-0.3, -0.25) is 0 Å². The van der Waals surface area contributed by atoms with Crippen LogP contribution < -0.4 is 5.32 Å². The Hall–Kier alpha value is -1.40. The van der Waals surface area contributed by atoms with Crippen molar-refractivity contribution >= 4 is 11.8 Å². The molecular weight excluding hydrogens is 222 g/mol. The third kappa shape index (κ3) is 2.23. The molecule has 1 N–H and O–H groups in total. The standard InChI is InChI=1S/C10H13N5S/c1-11-7-10-12-13-14-15(10)8-4-3-5-9(6-8)16-2/h3-6,11H,7H2,1-2H3. The molecule has 0 fully saturated rings. The molecule has 84 valence electrons. The number of hydrogen-bond acceptors (Lipinski definition) is 5. The molecule has 0 saturated heterocycles. The van der Waals surface area contributed by atoms with Crippen molar-refractivity contribution in [3.63, 3.8) is 0 Å². The third-order valence-electron chi connectivity index (χ3n) is 2.17. The fourth-order valence-electron chi connectivity index (χ4n) is 1.42. The van der Waals surface area contributed by atoms with E-state index in [0.717, 1.165) is 11.5 Å². The van der Waals surface area contributed by atoms with E-state index in [-0.39, 0.29) is 0 Å². The molecule has 0 aliphatic carbocycles. The molecule has 1 aromatic carbocycles. The van der Waals surface area contributed by atoms with Gasteiger partial charge in [0.15, 0.2) is 5.82 Å². The highest BCUT2D eigenvalue weighted by Crippen LogP contribution is 2.18. The highest BCUT2D eigenvalue weighted by atomic mass is 32.2. The second-order valence-corrected chi connectivity index (χ2v) is 4.12. The van der Waals surface area contributed by atoms with E-state index in [4.69, 9.17) is 0 Å². The van der Waals surface area contributed by atoms with Crippen molar-refractivity contribution in [1.29, 1.82) is 0 Å². The van der Waals surface area contributed by atoms with Gasteiger partial charge in [0.1, 0.15) is 0 Å². The Morgan fingerprint density at radius 1 is 1.44 bits per heavy atom. The number of hydrogen-bond donors (Lipinski definition) is 1. The van der Waals surface area contributed by atoms with Gasteiger partial charge in [-0.1, -0.05) is 6.07 Å². The molecule has 2 aromatic rings. The highest BCUT2D eigenvalue weighted by molar-refractivity contribution is 7.98. The predicted octanol–water partition coefficient (Wildman–Crippen LogP) is 1.10. The SMILES string of the molecule is CNCc1nnnn1-c1cccc(SC)c1. The maximum atomic E-state index is 3.99. The Morgan fingerprint density at radius 3 is 3.06 bits per heavy atom. The molecule has 0 bridgehead atoms. The van der Waals surface area contributed by atoms with E-state index in [2.05, 4.69) is 33.0 Å². The molecule has 16 heavy (non-hydrogen) atoms. The van der Waals surface area contributed by atoms with Gasteiger partial charge in [-0.05, 0) is 41.9 Å². The minimum Gasteiger partial charge on any atom is -0.313 e. The van der Waals surface area contributed by atoms with Crippen molar-refractivity contribution in [1.82, 2.24) is 25.5 Å². The van der Waals surface area contributed by atoms with Gasteiger partial charge in [-0.15, -0.1) is 16.9 Å². The van der Waals surface area contributed by atoms with Crippen LogP contribution in [0.4, 0.5) is 0 Å². The van der Waals surface area contributed by atoms with Crippen LogP contribution in [-0.2, 0) is 6.54 Å². The lowest BCUT2D eigenvalue weighted by Gasteiger charge is -2.05. The summed E-state index contributed by atoms with van der Waals surface area (Å²) in [6.45, 7) is 0.649. The van der Waals surface area contributed by atoms with E-state index >= 15 is 0 Å². The van der Waals surface area contributed by atoms with Crippen molar-refractivity contribution in [2.75, 3.05) is 13.3 Å². The minimum atomic E-state index is 0.649. The number of thioether (sulfide) groups is 1. The van der Waals surface area contributed by atoms with Gasteiger partial charge in [-0.25, -0.2) is 0 Å². The van der Waals surface area contributed by atoms with Crippen LogP contribution in [0.5, 0.6) is 0 Å². The number of tetrazole rings is 1. The first-order chi connectivity index (χ1) is 7.85. The topological polar surface area (TPSA) is 55.6 Å². The third-order valence-corrected chi connectivity index (χ3v) is 2.89. The van der Waals surface area contributed by atoms with E-state index in [1.165, 1.54) is 4.90 Å². The Morgan fingerprint density at radius 2 is 2.31 bits per heavy atom. The Bertz CT molecular complexity index is 468. The van der Waals surface area contributed by atoms with E-state index in [9.17, 15) is 0 Å². The molecule has 0 aliphatic heterocycles. The van der Waals surface area contributed by atoms with Gasteiger partial charge in [0, 0.05) is 4.90 Å². The Balaban J connectivity index is 2.37. The molecular formula is C10H13N5S. The molecule has 0 unspecified atom stereocenters. The molecule has 5 nitrogen and oxygen atoms in total. The first-order valence-corrected chi connectivity index (χ1v) is 6.14. The lowest BCUT2D eigenvalue weighted by atomic mass is 10.3. The van der Waals surface area contributed by atoms with Gasteiger partial charge < -0.3 is 5.32 Å². The van der Waals surface area contributed by atoms with Crippen molar-refractivity contribution < 1.29 is 0 Å². The lowest BCUT2D eigenvalue weighted by Crippen LogP contribution is -2.12. The summed E-state index contributed by atoms with van der Waals surface area (Å²) in [6.07, 6.45) is 2.05. The zero-order valence-corrected chi connectivity index (χ0v) is 10.0. The predicted molar refractivity (Wildman–Crippen MR) is 63.7 cm³/mol. The molecule has 1 aromatic heterocycles. The molecule has 0 spiro atoms. The van der Waals surface area contributed by atoms with Crippen LogP contribution in [-0.4, -0.2) is 33.5 Å². The summed E-state index contributed by atoms with van der Waals surface area (Å²) >= 11 is 1.70. The van der Waals surface area contributed by atoms with Gasteiger partial charge in [0.2, 0.25) is 0 Å². The molecule has 2 rings (SSSR count). The molecule has 0 saturated carbocycles. The quantitative estimate of drug-likeness (QED) is 0.804. The first-order valence-electron chi connectivity index (χ1n) is 4.91. The number of benzene rings is 1. The molecule has 0 atom stereocenters. The van der Waals surface area contributed by atoms with Crippen LogP contribution in [0.3, 0.4) is 0 Å². The second-order valence-electron chi connectivity index (χ2n) is 3.24. The van der Waals surface area contributed by atoms with Crippen LogP contribution in [0.25, 0.3) is 5.69 Å². The van der Waals surface area contributed by atoms with E-state index < -0.39 is 0 Å². The van der Waals surface area contributed by atoms with Crippen LogP contribution in [0.15, 0.2) is 29.2 Å². The minimum absolute atomic E-state index is 0.649. The smallest absolute Gasteiger partial charge is 0.170 e. The van der Waals surface area contributed by atoms with Gasteiger partial charge >= 0.3 is 0 Å². The number of nitrogens with zero attached hydrogens (tertiary/aromatic N) is 4. The van der Waals surface area contributed by atoms with Gasteiger partial charge in [0.05, 0.1) is 12.2 Å². The van der Waals surface area contributed by atoms with Crippen LogP contribution in [0, 0.1) is 0 Å². The van der Waals surface area contributed by atoms with Crippen molar-refractivity contribution in [3.05, 3.63) is 30.1 Å². The van der Waals surface area contributed by atoms with Crippen molar-refractivity contribution in [3.8, 4) is 5.69 Å². The normalized spacial score (nSPS) is 10.6. The fraction of sp³-hybridized carbons (Fsp3) is 0.300. The summed E-state index contributed by atoms with van der Waals surface area (Å²) in [6, 6.07) is 8.14. The van der Waals surface area contributed by atoms with Crippen molar-refractivity contribution in [2.24, 2.45) is 0 Å². The summed E-state index contributed by atoms with van der Waals surface area (Å²) in [5.41, 5.74) is 0.988. The summed E-state index contributed by atoms with van der Waals surface area (Å²) in [7, 11) is 1.87. The number of rotatable bonds is 4. The maximum Gasteiger partial charge on any atom is 0.170 e. The molecule has 0 aliphatic rings. The average molecular weight is 235 g/mol. The zero-order valence-electron chi connectivity index (χ0n) is 9.21. The Labute approximate surface area is 98.2 Å². The molecule has 0 radical (unpaired) electrons. The van der Waals surface area contributed by atoms with Crippen LogP contribution in [0.1, 0.15) is 5.82 Å². The van der Waals surface area contributed by atoms with Gasteiger partial charge in [-0.2, -0.15) is 4.68 Å². The van der Waals surface area contributed by atoms with Crippen molar-refractivity contribution in [2.45, 2.75) is 11.4 Å². The summed E-state index contributed by atoms with van der Waals surface area (Å²) in [5.74, 6) is 0.806. The average Bonchev–Trinajstić information content (AvgIpc) is 2.78. The first kappa shape index (κ1) is 11.1. The fourth-order valence-corrected chi connectivity index (χ4v) is 1.87. The number of aromatic nitrogens is 4. The van der Waals surface area contributed by atoms with Gasteiger partial charge in [0.25, 0.3) is 0 Å². The second kappa shape index (κ2) is 5.09. The maximum absolute atomic E-state index is 3.99. The van der Waals surface area contributed by atoms with E-state index in [1.807, 2.05) is 25.4 Å². The van der Waals surface area contributed by atoms with E-state index in [1.54, 1.807) is 16.4 Å². The highest BCUT2D eigenvalue weighted by Gasteiger charge is 2.07. The summed E-state index contributed by atoms with van der Waals surface area (Å²) in [5, 5.41) is 14.7.